The van der Waals surface area contributed by atoms with Crippen molar-refractivity contribution in [2.45, 2.75) is 23.9 Å². The van der Waals surface area contributed by atoms with E-state index in [1.165, 1.54) is 18.9 Å². The maximum atomic E-state index is 11.4. The predicted octanol–water partition coefficient (Wildman–Crippen LogP) is 2.05. The lowest BCUT2D eigenvalue weighted by Crippen LogP contribution is -2.15. The van der Waals surface area contributed by atoms with E-state index >= 15 is 0 Å². The van der Waals surface area contributed by atoms with Gasteiger partial charge in [-0.15, -0.1) is 10.2 Å². The zero-order chi connectivity index (χ0) is 15.2. The van der Waals surface area contributed by atoms with E-state index in [1.54, 1.807) is 6.92 Å². The molecule has 1 aromatic heterocycles. The molecule has 0 fully saturated rings. The first-order valence-corrected chi connectivity index (χ1v) is 7.30. The van der Waals surface area contributed by atoms with Crippen LogP contribution in [0.25, 0.3) is 0 Å². The number of hydrogen-bond acceptors (Lipinski definition) is 6. The van der Waals surface area contributed by atoms with Crippen LogP contribution in [0.5, 0.6) is 5.75 Å². The van der Waals surface area contributed by atoms with Crippen molar-refractivity contribution < 1.29 is 14.3 Å². The van der Waals surface area contributed by atoms with Crippen molar-refractivity contribution in [1.29, 1.82) is 0 Å². The van der Waals surface area contributed by atoms with E-state index in [1.807, 2.05) is 41.9 Å². The van der Waals surface area contributed by atoms with E-state index in [0.29, 0.717) is 17.6 Å². The number of carbonyl (C=O) groups is 1. The topological polar surface area (TPSA) is 66.2 Å². The molecule has 0 saturated heterocycles. The average Bonchev–Trinajstić information content (AvgIpc) is 2.86. The van der Waals surface area contributed by atoms with E-state index in [9.17, 15) is 4.79 Å². The number of rotatable bonds is 6. The van der Waals surface area contributed by atoms with Gasteiger partial charge in [0.2, 0.25) is 0 Å². The van der Waals surface area contributed by atoms with Crippen molar-refractivity contribution in [1.82, 2.24) is 14.8 Å². The molecule has 0 spiro atoms. The number of para-hydroxylation sites is 1. The summed E-state index contributed by atoms with van der Waals surface area (Å²) < 4.78 is 12.1. The Labute approximate surface area is 127 Å². The monoisotopic (exact) mass is 307 g/mol. The van der Waals surface area contributed by atoms with Crippen molar-refractivity contribution in [3.63, 3.8) is 0 Å². The van der Waals surface area contributed by atoms with Gasteiger partial charge in [0.15, 0.2) is 11.0 Å². The highest BCUT2D eigenvalue weighted by Crippen LogP contribution is 2.22. The smallest absolute Gasteiger partial charge is 0.318 e. The molecule has 7 heteroatoms. The van der Waals surface area contributed by atoms with Crippen LogP contribution < -0.4 is 4.74 Å². The van der Waals surface area contributed by atoms with Gasteiger partial charge in [-0.3, -0.25) is 4.79 Å². The second-order valence-electron chi connectivity index (χ2n) is 4.34. The minimum atomic E-state index is -0.333. The zero-order valence-electron chi connectivity index (χ0n) is 12.1. The Morgan fingerprint density at radius 3 is 2.71 bits per heavy atom. The Morgan fingerprint density at radius 1 is 1.33 bits per heavy atom. The third-order valence-corrected chi connectivity index (χ3v) is 3.96. The largest absolute Gasteiger partial charge is 0.486 e. The Hall–Kier alpha value is -2.02. The van der Waals surface area contributed by atoms with Crippen LogP contribution in [0.4, 0.5) is 0 Å². The van der Waals surface area contributed by atoms with Gasteiger partial charge in [0.25, 0.3) is 0 Å². The van der Waals surface area contributed by atoms with Crippen LogP contribution in [0.2, 0.25) is 0 Å². The number of ether oxygens (including phenoxy) is 2. The number of aromatic nitrogens is 3. The molecule has 0 bridgehead atoms. The lowest BCUT2D eigenvalue weighted by molar-refractivity contribution is -0.139. The summed E-state index contributed by atoms with van der Waals surface area (Å²) in [4.78, 5) is 11.4. The van der Waals surface area contributed by atoms with E-state index in [4.69, 9.17) is 9.47 Å². The van der Waals surface area contributed by atoms with Crippen LogP contribution >= 0.6 is 11.8 Å². The first-order chi connectivity index (χ1) is 10.1. The molecular weight excluding hydrogens is 290 g/mol. The molecule has 0 aliphatic rings. The Bertz CT molecular complexity index is 601. The molecule has 1 heterocycles. The summed E-state index contributed by atoms with van der Waals surface area (Å²) in [7, 11) is 3.21. The second kappa shape index (κ2) is 7.12. The van der Waals surface area contributed by atoms with Gasteiger partial charge in [0, 0.05) is 7.05 Å². The minimum Gasteiger partial charge on any atom is -0.486 e. The second-order valence-corrected chi connectivity index (χ2v) is 5.65. The van der Waals surface area contributed by atoms with Gasteiger partial charge < -0.3 is 14.0 Å². The summed E-state index contributed by atoms with van der Waals surface area (Å²) >= 11 is 1.30. The molecule has 0 N–H and O–H groups in total. The highest BCUT2D eigenvalue weighted by Gasteiger charge is 2.19. The molecule has 1 atom stereocenters. The summed E-state index contributed by atoms with van der Waals surface area (Å²) in [6.45, 7) is 2.09. The lowest BCUT2D eigenvalue weighted by atomic mass is 10.3. The fourth-order valence-electron chi connectivity index (χ4n) is 1.61. The van der Waals surface area contributed by atoms with E-state index in [2.05, 4.69) is 10.2 Å². The number of nitrogens with zero attached hydrogens (tertiary/aromatic N) is 3. The summed E-state index contributed by atoms with van der Waals surface area (Å²) in [6.07, 6.45) is 0. The molecule has 2 aromatic rings. The van der Waals surface area contributed by atoms with Crippen molar-refractivity contribution in [3.05, 3.63) is 36.2 Å². The van der Waals surface area contributed by atoms with Gasteiger partial charge in [-0.25, -0.2) is 0 Å². The molecule has 2 rings (SSSR count). The lowest BCUT2D eigenvalue weighted by Gasteiger charge is -2.09. The van der Waals surface area contributed by atoms with Crippen molar-refractivity contribution in [2.75, 3.05) is 7.11 Å². The van der Waals surface area contributed by atoms with Gasteiger partial charge in [0.05, 0.1) is 7.11 Å². The van der Waals surface area contributed by atoms with Gasteiger partial charge in [-0.1, -0.05) is 30.0 Å². The summed E-state index contributed by atoms with van der Waals surface area (Å²) in [5, 5.41) is 8.48. The molecule has 1 unspecified atom stereocenters. The molecular formula is C14H17N3O3S. The van der Waals surface area contributed by atoms with Gasteiger partial charge in [0.1, 0.15) is 17.6 Å². The Morgan fingerprint density at radius 2 is 2.05 bits per heavy atom. The van der Waals surface area contributed by atoms with Crippen LogP contribution in [-0.4, -0.2) is 33.1 Å². The fraction of sp³-hybridized carbons (Fsp3) is 0.357. The molecule has 0 aliphatic carbocycles. The highest BCUT2D eigenvalue weighted by atomic mass is 32.2. The zero-order valence-corrected chi connectivity index (χ0v) is 13.0. The molecule has 0 aliphatic heterocycles. The van der Waals surface area contributed by atoms with Crippen LogP contribution in [0, 0.1) is 0 Å². The van der Waals surface area contributed by atoms with Crippen LogP contribution in [0.15, 0.2) is 35.5 Å². The third-order valence-electron chi connectivity index (χ3n) is 2.85. The molecule has 6 nitrogen and oxygen atoms in total. The van der Waals surface area contributed by atoms with E-state index in [-0.39, 0.29) is 11.2 Å². The first kappa shape index (κ1) is 15.4. The standard InChI is InChI=1S/C14H17N3O3S/c1-10(13(18)19-3)21-14-16-15-12(17(14)2)9-20-11-7-5-4-6-8-11/h4-8,10H,9H2,1-3H3. The van der Waals surface area contributed by atoms with Crippen LogP contribution in [0.1, 0.15) is 12.7 Å². The molecule has 0 saturated carbocycles. The number of esters is 1. The maximum absolute atomic E-state index is 11.4. The van der Waals surface area contributed by atoms with E-state index in [0.717, 1.165) is 5.75 Å². The number of thioether (sulfide) groups is 1. The normalized spacial score (nSPS) is 12.0. The number of hydrogen-bond donors (Lipinski definition) is 0. The van der Waals surface area contributed by atoms with Crippen molar-refractivity contribution in [3.8, 4) is 5.75 Å². The SMILES string of the molecule is COC(=O)C(C)Sc1nnc(COc2ccccc2)n1C. The van der Waals surface area contributed by atoms with Crippen molar-refractivity contribution in [2.24, 2.45) is 7.05 Å². The Balaban J connectivity index is 1.98. The quantitative estimate of drug-likeness (QED) is 0.601. The van der Waals surface area contributed by atoms with Gasteiger partial charge in [-0.2, -0.15) is 0 Å². The van der Waals surface area contributed by atoms with Crippen LogP contribution in [0.3, 0.4) is 0 Å². The third kappa shape index (κ3) is 3.98. The van der Waals surface area contributed by atoms with E-state index < -0.39 is 0 Å². The fourth-order valence-corrected chi connectivity index (χ4v) is 2.47. The first-order valence-electron chi connectivity index (χ1n) is 6.42. The predicted molar refractivity (Wildman–Crippen MR) is 79.1 cm³/mol. The maximum Gasteiger partial charge on any atom is 0.318 e. The summed E-state index contributed by atoms with van der Waals surface area (Å²) in [5.74, 6) is 1.18. The average molecular weight is 307 g/mol. The molecule has 0 radical (unpaired) electrons. The Kier molecular flexibility index (Phi) is 5.21. The molecule has 0 amide bonds. The minimum absolute atomic E-state index is 0.287. The summed E-state index contributed by atoms with van der Waals surface area (Å²) in [5.41, 5.74) is 0. The number of carbonyl (C=O) groups excluding carboxylic acids is 1. The molecule has 1 aromatic carbocycles. The van der Waals surface area contributed by atoms with Gasteiger partial charge in [-0.05, 0) is 19.1 Å². The number of benzene rings is 1. The number of methoxy groups -OCH3 is 1. The summed E-state index contributed by atoms with van der Waals surface area (Å²) in [6, 6.07) is 9.51. The highest BCUT2D eigenvalue weighted by molar-refractivity contribution is 8.00. The molecule has 112 valence electrons. The van der Waals surface area contributed by atoms with Crippen molar-refractivity contribution >= 4 is 17.7 Å². The van der Waals surface area contributed by atoms with Gasteiger partial charge >= 0.3 is 5.97 Å². The molecule has 21 heavy (non-hydrogen) atoms. The van der Waals surface area contributed by atoms with Crippen LogP contribution in [-0.2, 0) is 23.2 Å².